The quantitative estimate of drug-likeness (QED) is 0.212. The number of benzene rings is 3. The molecule has 6 heteroatoms. The number of nitro groups is 1. The minimum absolute atomic E-state index is 0.139. The fourth-order valence-corrected chi connectivity index (χ4v) is 6.84. The highest BCUT2D eigenvalue weighted by Gasteiger charge is 2.48. The van der Waals surface area contributed by atoms with Crippen molar-refractivity contribution in [2.75, 3.05) is 12.1 Å². The van der Waals surface area contributed by atoms with Gasteiger partial charge >= 0.3 is 0 Å². The van der Waals surface area contributed by atoms with Crippen molar-refractivity contribution >= 4 is 38.1 Å². The first-order chi connectivity index (χ1) is 22.5. The van der Waals surface area contributed by atoms with E-state index in [2.05, 4.69) is 129 Å². The van der Waals surface area contributed by atoms with Crippen molar-refractivity contribution < 1.29 is 4.92 Å². The average Bonchev–Trinajstić information content (AvgIpc) is 3.29. The second-order valence-electron chi connectivity index (χ2n) is 12.6. The Morgan fingerprint density at radius 1 is 0.979 bits per heavy atom. The number of aryl methyl sites for hydroxylation is 1. The second-order valence-corrected chi connectivity index (χ2v) is 13.4. The first-order valence-electron chi connectivity index (χ1n) is 17.8. The monoisotopic (exact) mass is 707 g/mol. The third-order valence-electron chi connectivity index (χ3n) is 8.07. The van der Waals surface area contributed by atoms with Crippen LogP contribution in [0.25, 0.3) is 10.8 Å². The Kier molecular flexibility index (Phi) is 18.9. The molecule has 0 amide bonds. The molecule has 1 heterocycles. The zero-order valence-corrected chi connectivity index (χ0v) is 32.9. The number of hydrogen-bond donors (Lipinski definition) is 1. The standard InChI is InChI=1S/C19H24BrN3O2.C14H16.C4H10.2C2H6/c1-3-4-6-9-18-19(10-7-5-8-11-19)14-12-17(23(24)25)15(20)13-16(14)22(18)21-2;1-10(2)14-11(3)8-9-12-6-4-5-7-13(12)14;1-4(2)3;2*1-2/h4,6,9,12-13,21H,3,5,7-8,10-11H2,1-2H3;4-10H,1-3H3;4H,1-3H3;2*1-2H3/b6-4+,18-9+;;;;. The molecular formula is C41H62BrN3O2. The molecule has 3 aromatic rings. The predicted octanol–water partition coefficient (Wildman–Crippen LogP) is 13.4. The number of hydrogen-bond acceptors (Lipinski definition) is 4. The van der Waals surface area contributed by atoms with E-state index in [4.69, 9.17) is 0 Å². The molecule has 0 atom stereocenters. The molecule has 5 nitrogen and oxygen atoms in total. The number of fused-ring (bicyclic) bond motifs is 3. The molecule has 1 fully saturated rings. The normalized spacial score (nSPS) is 15.3. The Morgan fingerprint density at radius 2 is 1.57 bits per heavy atom. The van der Waals surface area contributed by atoms with Gasteiger partial charge in [-0.1, -0.05) is 137 Å². The van der Waals surface area contributed by atoms with Gasteiger partial charge in [-0.3, -0.25) is 15.1 Å². The lowest BCUT2D eigenvalue weighted by Crippen LogP contribution is -2.38. The Labute approximate surface area is 295 Å². The summed E-state index contributed by atoms with van der Waals surface area (Å²) in [6.45, 7) is 23.3. The Balaban J connectivity index is 0.000000422. The zero-order valence-electron chi connectivity index (χ0n) is 31.3. The smallest absolute Gasteiger partial charge is 0.280 e. The molecule has 0 aromatic heterocycles. The molecule has 5 rings (SSSR count). The zero-order chi connectivity index (χ0) is 35.7. The molecule has 260 valence electrons. The number of nitrogens with zero attached hydrogens (tertiary/aromatic N) is 2. The molecule has 1 N–H and O–H groups in total. The number of halogens is 1. The largest absolute Gasteiger partial charge is 0.283 e. The van der Waals surface area contributed by atoms with Crippen LogP contribution in [-0.2, 0) is 5.41 Å². The number of hydrazine groups is 1. The Morgan fingerprint density at radius 3 is 2.11 bits per heavy atom. The molecule has 0 saturated heterocycles. The first-order valence-corrected chi connectivity index (χ1v) is 18.6. The van der Waals surface area contributed by atoms with Crippen molar-refractivity contribution in [3.05, 3.63) is 104 Å². The fourth-order valence-electron chi connectivity index (χ4n) is 6.36. The SMILES string of the molecule is CC.CC.CC(C)C.CC/C=C/C=C1/N(NC)c2cc(Br)c([N+](=O)[O-])cc2C12CCCCC2.Cc1ccc2ccccc2c1C(C)C. The Hall–Kier alpha value is -2.96. The maximum atomic E-state index is 11.5. The van der Waals surface area contributed by atoms with Gasteiger partial charge in [0, 0.05) is 24.2 Å². The number of anilines is 1. The molecule has 0 bridgehead atoms. The van der Waals surface area contributed by atoms with Crippen LogP contribution in [0.4, 0.5) is 11.4 Å². The molecule has 1 aliphatic heterocycles. The molecular weight excluding hydrogens is 646 g/mol. The molecule has 1 saturated carbocycles. The number of nitrogens with one attached hydrogen (secondary N) is 1. The van der Waals surface area contributed by atoms with Crippen LogP contribution in [0.15, 0.2) is 76.9 Å². The van der Waals surface area contributed by atoms with Crippen molar-refractivity contribution in [3.8, 4) is 0 Å². The number of nitro benzene ring substituents is 1. The lowest BCUT2D eigenvalue weighted by molar-refractivity contribution is -0.385. The van der Waals surface area contributed by atoms with E-state index < -0.39 is 0 Å². The maximum Gasteiger partial charge on any atom is 0.283 e. The highest BCUT2D eigenvalue weighted by atomic mass is 79.9. The molecule has 1 aliphatic carbocycles. The van der Waals surface area contributed by atoms with Crippen LogP contribution in [-0.4, -0.2) is 12.0 Å². The van der Waals surface area contributed by atoms with Crippen molar-refractivity contribution in [1.29, 1.82) is 0 Å². The van der Waals surface area contributed by atoms with Crippen molar-refractivity contribution in [3.63, 3.8) is 0 Å². The third kappa shape index (κ3) is 10.8. The average molecular weight is 709 g/mol. The molecule has 0 unspecified atom stereocenters. The van der Waals surface area contributed by atoms with Crippen molar-refractivity contribution in [2.24, 2.45) is 5.92 Å². The van der Waals surface area contributed by atoms with Gasteiger partial charge < -0.3 is 0 Å². The van der Waals surface area contributed by atoms with Gasteiger partial charge in [0.2, 0.25) is 0 Å². The molecule has 1 spiro atoms. The van der Waals surface area contributed by atoms with E-state index in [1.54, 1.807) is 6.07 Å². The van der Waals surface area contributed by atoms with Gasteiger partial charge in [-0.05, 0) is 93.6 Å². The summed E-state index contributed by atoms with van der Waals surface area (Å²) in [6.07, 6.45) is 13.0. The fraction of sp³-hybridized carbons (Fsp3) is 0.512. The van der Waals surface area contributed by atoms with Gasteiger partial charge in [-0.15, -0.1) is 0 Å². The summed E-state index contributed by atoms with van der Waals surface area (Å²) in [6, 6.07) is 16.7. The summed E-state index contributed by atoms with van der Waals surface area (Å²) in [4.78, 5) is 11.2. The molecule has 3 aromatic carbocycles. The van der Waals surface area contributed by atoms with Crippen molar-refractivity contribution in [1.82, 2.24) is 5.43 Å². The second kappa shape index (κ2) is 21.1. The molecule has 47 heavy (non-hydrogen) atoms. The summed E-state index contributed by atoms with van der Waals surface area (Å²) in [5.41, 5.74) is 9.47. The van der Waals surface area contributed by atoms with E-state index in [1.807, 2.05) is 40.8 Å². The van der Waals surface area contributed by atoms with Gasteiger partial charge in [0.15, 0.2) is 0 Å². The van der Waals surface area contributed by atoms with Crippen LogP contribution >= 0.6 is 15.9 Å². The van der Waals surface area contributed by atoms with E-state index in [0.717, 1.165) is 49.3 Å². The van der Waals surface area contributed by atoms with E-state index in [1.165, 1.54) is 34.0 Å². The summed E-state index contributed by atoms with van der Waals surface area (Å²) in [7, 11) is 1.90. The highest BCUT2D eigenvalue weighted by Crippen LogP contribution is 2.56. The van der Waals surface area contributed by atoms with E-state index in [9.17, 15) is 10.1 Å². The van der Waals surface area contributed by atoms with E-state index in [-0.39, 0.29) is 16.0 Å². The molecule has 0 radical (unpaired) electrons. The summed E-state index contributed by atoms with van der Waals surface area (Å²) >= 11 is 3.37. The topological polar surface area (TPSA) is 58.4 Å². The summed E-state index contributed by atoms with van der Waals surface area (Å²) < 4.78 is 0.521. The number of allylic oxidation sites excluding steroid dienone is 4. The van der Waals surface area contributed by atoms with Crippen LogP contribution in [0.1, 0.15) is 130 Å². The van der Waals surface area contributed by atoms with Gasteiger partial charge in [-0.25, -0.2) is 5.43 Å². The van der Waals surface area contributed by atoms with Crippen molar-refractivity contribution in [2.45, 2.75) is 126 Å². The minimum atomic E-state index is -0.302. The Bertz CT molecular complexity index is 1450. The van der Waals surface area contributed by atoms with Gasteiger partial charge in [0.05, 0.1) is 15.1 Å². The van der Waals surface area contributed by atoms with Crippen LogP contribution in [0.3, 0.4) is 0 Å². The van der Waals surface area contributed by atoms with Crippen LogP contribution in [0.5, 0.6) is 0 Å². The van der Waals surface area contributed by atoms with Gasteiger partial charge in [-0.2, -0.15) is 0 Å². The highest BCUT2D eigenvalue weighted by molar-refractivity contribution is 9.10. The van der Waals surface area contributed by atoms with Crippen LogP contribution < -0.4 is 10.4 Å². The molecule has 2 aliphatic rings. The van der Waals surface area contributed by atoms with E-state index in [0.29, 0.717) is 10.4 Å². The maximum absolute atomic E-state index is 11.5. The van der Waals surface area contributed by atoms with Gasteiger partial charge in [0.25, 0.3) is 5.69 Å². The third-order valence-corrected chi connectivity index (χ3v) is 8.71. The van der Waals surface area contributed by atoms with Crippen LogP contribution in [0, 0.1) is 23.0 Å². The summed E-state index contributed by atoms with van der Waals surface area (Å²) in [5.74, 6) is 1.43. The van der Waals surface area contributed by atoms with E-state index >= 15 is 0 Å². The predicted molar refractivity (Wildman–Crippen MR) is 211 cm³/mol. The first kappa shape index (κ1) is 42.1. The van der Waals surface area contributed by atoms with Crippen LogP contribution in [0.2, 0.25) is 0 Å². The lowest BCUT2D eigenvalue weighted by Gasteiger charge is -2.36. The summed E-state index contributed by atoms with van der Waals surface area (Å²) in [5, 5.41) is 16.3. The minimum Gasteiger partial charge on any atom is -0.280 e. The lowest BCUT2D eigenvalue weighted by atomic mass is 9.68. The van der Waals surface area contributed by atoms with Gasteiger partial charge in [0.1, 0.15) is 0 Å². The number of rotatable bonds is 5.